The molecule has 0 aliphatic heterocycles. The summed E-state index contributed by atoms with van der Waals surface area (Å²) in [6.07, 6.45) is -0.995. The van der Waals surface area contributed by atoms with Crippen molar-refractivity contribution in [3.63, 3.8) is 0 Å². The molecule has 2 rings (SSSR count). The summed E-state index contributed by atoms with van der Waals surface area (Å²) in [6, 6.07) is 13.2. The number of hydrogen-bond acceptors (Lipinski definition) is 3. The van der Waals surface area contributed by atoms with E-state index < -0.39 is 6.10 Å². The molecule has 0 saturated carbocycles. The number of aliphatic hydroxyl groups excluding tert-OH is 1. The minimum absolute atomic E-state index is 0.240. The topological polar surface area (TPSA) is 49.3 Å². The third-order valence-corrected chi connectivity index (χ3v) is 2.76. The molecule has 0 bridgehead atoms. The van der Waals surface area contributed by atoms with Crippen molar-refractivity contribution in [3.8, 4) is 0 Å². The van der Waals surface area contributed by atoms with Crippen molar-refractivity contribution < 1.29 is 9.90 Å². The number of carbonyl (C=O) groups is 1. The van der Waals surface area contributed by atoms with E-state index in [1.807, 2.05) is 36.4 Å². The molecule has 1 atom stereocenters. The number of Topliss-reactive ketones (excluding diaryl/α,β-unsaturated/α-hetero) is 1. The minimum Gasteiger partial charge on any atom is -0.384 e. The Kier molecular flexibility index (Phi) is 3.52. The summed E-state index contributed by atoms with van der Waals surface area (Å²) in [6.45, 7) is 0.266. The van der Waals surface area contributed by atoms with Crippen molar-refractivity contribution >= 4 is 16.6 Å². The number of likely N-dealkylation sites (N-methyl/N-ethyl adjacent to an activating group) is 1. The quantitative estimate of drug-likeness (QED) is 0.783. The zero-order valence-corrected chi connectivity index (χ0v) is 9.68. The van der Waals surface area contributed by atoms with Gasteiger partial charge in [-0.05, 0) is 17.8 Å². The highest BCUT2D eigenvalue weighted by Crippen LogP contribution is 2.19. The fourth-order valence-corrected chi connectivity index (χ4v) is 1.91. The molecule has 3 heteroatoms. The molecule has 17 heavy (non-hydrogen) atoms. The van der Waals surface area contributed by atoms with Crippen LogP contribution in [-0.2, 0) is 0 Å². The van der Waals surface area contributed by atoms with Crippen molar-refractivity contribution in [2.75, 3.05) is 13.6 Å². The van der Waals surface area contributed by atoms with Crippen LogP contribution in [-0.4, -0.2) is 30.6 Å². The van der Waals surface area contributed by atoms with Crippen molar-refractivity contribution in [2.24, 2.45) is 0 Å². The number of ketones is 1. The molecule has 2 aromatic rings. The third-order valence-electron chi connectivity index (χ3n) is 2.76. The number of rotatable bonds is 4. The Bertz CT molecular complexity index is 531. The van der Waals surface area contributed by atoms with Gasteiger partial charge in [-0.2, -0.15) is 0 Å². The lowest BCUT2D eigenvalue weighted by Gasteiger charge is -2.10. The van der Waals surface area contributed by atoms with E-state index in [0.717, 1.165) is 10.8 Å². The van der Waals surface area contributed by atoms with Crippen molar-refractivity contribution in [1.82, 2.24) is 5.32 Å². The van der Waals surface area contributed by atoms with E-state index in [-0.39, 0.29) is 12.3 Å². The molecule has 0 aliphatic rings. The van der Waals surface area contributed by atoms with Crippen LogP contribution < -0.4 is 5.32 Å². The van der Waals surface area contributed by atoms with Gasteiger partial charge < -0.3 is 10.4 Å². The summed E-state index contributed by atoms with van der Waals surface area (Å²) in [5, 5.41) is 14.4. The summed E-state index contributed by atoms with van der Waals surface area (Å²) in [4.78, 5) is 12.1. The first-order valence-corrected chi connectivity index (χ1v) is 5.58. The highest BCUT2D eigenvalue weighted by molar-refractivity contribution is 6.10. The number of benzene rings is 2. The zero-order valence-electron chi connectivity index (χ0n) is 9.68. The second-order valence-electron chi connectivity index (χ2n) is 3.96. The molecular weight excluding hydrogens is 214 g/mol. The van der Waals surface area contributed by atoms with Gasteiger partial charge >= 0.3 is 0 Å². The fourth-order valence-electron chi connectivity index (χ4n) is 1.91. The van der Waals surface area contributed by atoms with Gasteiger partial charge in [-0.25, -0.2) is 0 Å². The summed E-state index contributed by atoms with van der Waals surface area (Å²) >= 11 is 0. The first-order valence-electron chi connectivity index (χ1n) is 5.58. The standard InChI is InChI=1S/C14H15NO2/c1-15-9-13(16)14(17)12-8-4-6-10-5-2-3-7-11(10)12/h2-8,13,15-16H,9H2,1H3. The maximum Gasteiger partial charge on any atom is 0.193 e. The smallest absolute Gasteiger partial charge is 0.193 e. The molecule has 2 N–H and O–H groups in total. The van der Waals surface area contributed by atoms with Crippen LogP contribution in [0.2, 0.25) is 0 Å². The van der Waals surface area contributed by atoms with Gasteiger partial charge in [0.1, 0.15) is 6.10 Å². The summed E-state index contributed by atoms with van der Waals surface area (Å²) in [5.74, 6) is -0.240. The van der Waals surface area contributed by atoms with E-state index >= 15 is 0 Å². The third kappa shape index (κ3) is 2.35. The number of fused-ring (bicyclic) bond motifs is 1. The molecule has 0 spiro atoms. The Balaban J connectivity index is 2.45. The van der Waals surface area contributed by atoms with E-state index in [1.54, 1.807) is 13.1 Å². The fraction of sp³-hybridized carbons (Fsp3) is 0.214. The van der Waals surface area contributed by atoms with Crippen LogP contribution in [0.4, 0.5) is 0 Å². The van der Waals surface area contributed by atoms with Crippen LogP contribution in [0.3, 0.4) is 0 Å². The van der Waals surface area contributed by atoms with E-state index in [4.69, 9.17) is 0 Å². The average molecular weight is 229 g/mol. The van der Waals surface area contributed by atoms with Crippen molar-refractivity contribution in [3.05, 3.63) is 48.0 Å². The maximum absolute atomic E-state index is 12.1. The van der Waals surface area contributed by atoms with Gasteiger partial charge in [0, 0.05) is 12.1 Å². The summed E-state index contributed by atoms with van der Waals surface area (Å²) in [5.41, 5.74) is 0.575. The van der Waals surface area contributed by atoms with Crippen molar-refractivity contribution in [1.29, 1.82) is 0 Å². The molecule has 0 heterocycles. The Morgan fingerprint density at radius 2 is 1.94 bits per heavy atom. The Hall–Kier alpha value is -1.71. The summed E-state index contributed by atoms with van der Waals surface area (Å²) < 4.78 is 0. The molecule has 1 unspecified atom stereocenters. The number of carbonyl (C=O) groups excluding carboxylic acids is 1. The SMILES string of the molecule is CNCC(O)C(=O)c1cccc2ccccc12. The molecule has 0 saturated heterocycles. The Labute approximate surface area is 100 Å². The molecule has 0 aromatic heterocycles. The monoisotopic (exact) mass is 229 g/mol. The van der Waals surface area contributed by atoms with E-state index in [0.29, 0.717) is 5.56 Å². The molecule has 0 aliphatic carbocycles. The van der Waals surface area contributed by atoms with Gasteiger partial charge in [-0.1, -0.05) is 42.5 Å². The Morgan fingerprint density at radius 1 is 1.24 bits per heavy atom. The van der Waals surface area contributed by atoms with Gasteiger partial charge in [-0.15, -0.1) is 0 Å². The largest absolute Gasteiger partial charge is 0.384 e. The molecule has 88 valence electrons. The van der Waals surface area contributed by atoms with Crippen LogP contribution in [0, 0.1) is 0 Å². The van der Waals surface area contributed by atoms with Gasteiger partial charge in [-0.3, -0.25) is 4.79 Å². The van der Waals surface area contributed by atoms with E-state index in [1.165, 1.54) is 0 Å². The van der Waals surface area contributed by atoms with Crippen LogP contribution in [0.25, 0.3) is 10.8 Å². The lowest BCUT2D eigenvalue weighted by atomic mass is 9.99. The number of hydrogen-bond donors (Lipinski definition) is 2. The predicted octanol–water partition coefficient (Wildman–Crippen LogP) is 1.60. The minimum atomic E-state index is -0.995. The second kappa shape index (κ2) is 5.08. The maximum atomic E-state index is 12.1. The van der Waals surface area contributed by atoms with Crippen LogP contribution in [0.1, 0.15) is 10.4 Å². The van der Waals surface area contributed by atoms with Gasteiger partial charge in [0.15, 0.2) is 5.78 Å². The highest BCUT2D eigenvalue weighted by Gasteiger charge is 2.17. The molecule has 0 fully saturated rings. The van der Waals surface area contributed by atoms with Crippen LogP contribution in [0.15, 0.2) is 42.5 Å². The zero-order chi connectivity index (χ0) is 12.3. The molecular formula is C14H15NO2. The first-order chi connectivity index (χ1) is 8.24. The Morgan fingerprint density at radius 3 is 2.71 bits per heavy atom. The van der Waals surface area contributed by atoms with Gasteiger partial charge in [0.2, 0.25) is 0 Å². The normalized spacial score (nSPS) is 12.6. The number of nitrogens with one attached hydrogen (secondary N) is 1. The van der Waals surface area contributed by atoms with Crippen LogP contribution in [0.5, 0.6) is 0 Å². The van der Waals surface area contributed by atoms with E-state index in [2.05, 4.69) is 5.32 Å². The van der Waals surface area contributed by atoms with Gasteiger partial charge in [0.25, 0.3) is 0 Å². The predicted molar refractivity (Wildman–Crippen MR) is 68.2 cm³/mol. The molecule has 3 nitrogen and oxygen atoms in total. The van der Waals surface area contributed by atoms with Crippen molar-refractivity contribution in [2.45, 2.75) is 6.10 Å². The highest BCUT2D eigenvalue weighted by atomic mass is 16.3. The number of aliphatic hydroxyl groups is 1. The molecule has 0 amide bonds. The van der Waals surface area contributed by atoms with E-state index in [9.17, 15) is 9.90 Å². The lowest BCUT2D eigenvalue weighted by molar-refractivity contribution is 0.0752. The first kappa shape index (κ1) is 11.8. The van der Waals surface area contributed by atoms with Gasteiger partial charge in [0.05, 0.1) is 0 Å². The lowest BCUT2D eigenvalue weighted by Crippen LogP contribution is -2.31. The molecule has 0 radical (unpaired) electrons. The average Bonchev–Trinajstić information content (AvgIpc) is 2.37. The molecule has 2 aromatic carbocycles. The van der Waals surface area contributed by atoms with Crippen LogP contribution >= 0.6 is 0 Å². The second-order valence-corrected chi connectivity index (χ2v) is 3.96. The summed E-state index contributed by atoms with van der Waals surface area (Å²) in [7, 11) is 1.71.